The summed E-state index contributed by atoms with van der Waals surface area (Å²) in [6.07, 6.45) is 0.0827. The zero-order valence-electron chi connectivity index (χ0n) is 33.8. The maximum atomic E-state index is 13.6. The van der Waals surface area contributed by atoms with E-state index in [1.54, 1.807) is 16.1 Å². The van der Waals surface area contributed by atoms with Crippen molar-refractivity contribution in [3.63, 3.8) is 0 Å². The monoisotopic (exact) mass is 831 g/mol. The lowest BCUT2D eigenvalue weighted by Crippen LogP contribution is -2.39. The molecule has 2 aliphatic rings. The molecule has 2 aliphatic heterocycles. The molecule has 3 aromatic carbocycles. The van der Waals surface area contributed by atoms with Gasteiger partial charge in [-0.1, -0.05) is 60.7 Å². The molecule has 0 bridgehead atoms. The second-order valence-corrected chi connectivity index (χ2v) is 13.6. The van der Waals surface area contributed by atoms with E-state index in [-0.39, 0.29) is 68.6 Å². The molecular formula is C41H53N9O10. The molecule has 1 atom stereocenters. The molecular weight excluding hydrogens is 779 g/mol. The third-order valence-corrected chi connectivity index (χ3v) is 9.44. The summed E-state index contributed by atoms with van der Waals surface area (Å²) in [4.78, 5) is 63.3. The van der Waals surface area contributed by atoms with Crippen LogP contribution in [0.2, 0.25) is 0 Å². The van der Waals surface area contributed by atoms with E-state index in [0.717, 1.165) is 33.8 Å². The van der Waals surface area contributed by atoms with Crippen molar-refractivity contribution in [3.8, 4) is 0 Å². The Balaban J connectivity index is 0.874. The number of hydrazine groups is 2. The largest absolute Gasteiger partial charge is 0.379 e. The molecule has 0 saturated heterocycles. The molecule has 6 N–H and O–H groups in total. The van der Waals surface area contributed by atoms with Gasteiger partial charge in [0.15, 0.2) is 0 Å². The summed E-state index contributed by atoms with van der Waals surface area (Å²) in [5.74, 6) is -0.723. The van der Waals surface area contributed by atoms with Crippen molar-refractivity contribution >= 4 is 46.5 Å². The molecule has 1 unspecified atom stereocenters. The van der Waals surface area contributed by atoms with Gasteiger partial charge >= 0.3 is 6.03 Å². The minimum Gasteiger partial charge on any atom is -0.379 e. The summed E-state index contributed by atoms with van der Waals surface area (Å²) in [6.45, 7) is 3.14. The van der Waals surface area contributed by atoms with Crippen molar-refractivity contribution in [2.75, 3.05) is 84.9 Å². The van der Waals surface area contributed by atoms with Crippen LogP contribution in [0.5, 0.6) is 0 Å². The fraction of sp³-hybridized carbons (Fsp3) is 0.415. The van der Waals surface area contributed by atoms with Gasteiger partial charge in [-0.15, -0.1) is 5.12 Å². The highest BCUT2D eigenvalue weighted by atomic mass is 16.6. The smallest absolute Gasteiger partial charge is 0.315 e. The number of nitro groups is 1. The fourth-order valence-electron chi connectivity index (χ4n) is 6.56. The number of hydrogen-bond acceptors (Lipinski definition) is 13. The predicted molar refractivity (Wildman–Crippen MR) is 221 cm³/mol. The van der Waals surface area contributed by atoms with Crippen LogP contribution in [0, 0.1) is 10.1 Å². The molecule has 0 aromatic heterocycles. The number of nitro benzene ring substituents is 1. The molecule has 60 heavy (non-hydrogen) atoms. The summed E-state index contributed by atoms with van der Waals surface area (Å²) >= 11 is 0. The average molecular weight is 832 g/mol. The van der Waals surface area contributed by atoms with Gasteiger partial charge in [0.2, 0.25) is 17.7 Å². The van der Waals surface area contributed by atoms with Gasteiger partial charge in [0.05, 0.1) is 99.4 Å². The van der Waals surface area contributed by atoms with Crippen LogP contribution in [-0.2, 0) is 39.9 Å². The molecule has 3 aromatic rings. The highest BCUT2D eigenvalue weighted by Crippen LogP contribution is 2.37. The lowest BCUT2D eigenvalue weighted by Gasteiger charge is -2.29. The van der Waals surface area contributed by atoms with Crippen molar-refractivity contribution in [3.05, 3.63) is 105 Å². The van der Waals surface area contributed by atoms with Gasteiger partial charge in [0.1, 0.15) is 0 Å². The first-order valence-corrected chi connectivity index (χ1v) is 19.7. The number of hydrogen-bond donors (Lipinski definition) is 6. The molecule has 0 spiro atoms. The summed E-state index contributed by atoms with van der Waals surface area (Å²) in [6, 6.07) is 20.2. The standard InChI is InChI=1S/C41H53N9O10/c1-42-41(54)45-33(31-11-5-8-14-35(31)50(55)56)27-37(52)44-18-20-58-22-24-60-26-25-59-23-21-57-19-16-36(51)43-17-15-38(53)49-28-29-9-3-4-10-30(29)39-40(47-48(2)46-39)32-12-6-7-13-34(32)49/h3-14,33,46-47H,15-28H2,1-2H3,(H,43,51)(H,44,52)(H2,42,45,54). The first kappa shape index (κ1) is 45.0. The Labute approximate surface area is 348 Å². The Kier molecular flexibility index (Phi) is 17.6. The van der Waals surface area contributed by atoms with E-state index in [1.165, 1.54) is 25.2 Å². The maximum Gasteiger partial charge on any atom is 0.315 e. The summed E-state index contributed by atoms with van der Waals surface area (Å²) in [5, 5.41) is 23.7. The SMILES string of the molecule is CNC(=O)NC(CC(=O)NCCOCCOCCOCCOCCC(=O)NCCC(=O)N1Cc2ccccc2C2=C(NN(C)N2)c2ccccc21)c1ccccc1[N+](=O)[O-]. The number of carbonyl (C=O) groups is 4. The number of ether oxygens (including phenoxy) is 4. The molecule has 0 aliphatic carbocycles. The molecule has 19 nitrogen and oxygen atoms in total. The number of amides is 5. The molecule has 0 fully saturated rings. The van der Waals surface area contributed by atoms with E-state index in [4.69, 9.17) is 18.9 Å². The van der Waals surface area contributed by atoms with Crippen LogP contribution in [-0.4, -0.2) is 114 Å². The van der Waals surface area contributed by atoms with Crippen molar-refractivity contribution < 1.29 is 43.0 Å². The van der Waals surface area contributed by atoms with E-state index < -0.39 is 22.9 Å². The maximum absolute atomic E-state index is 13.6. The molecule has 5 rings (SSSR count). The van der Waals surface area contributed by atoms with Gasteiger partial charge in [0, 0.05) is 57.2 Å². The normalized spacial score (nSPS) is 13.7. The van der Waals surface area contributed by atoms with Gasteiger partial charge in [0.25, 0.3) is 5.69 Å². The van der Waals surface area contributed by atoms with Crippen molar-refractivity contribution in [1.29, 1.82) is 0 Å². The summed E-state index contributed by atoms with van der Waals surface area (Å²) < 4.78 is 22.0. The first-order chi connectivity index (χ1) is 29.2. The lowest BCUT2D eigenvalue weighted by atomic mass is 9.96. The number of fused-ring (bicyclic) bond motifs is 4. The Bertz CT molecular complexity index is 1980. The third kappa shape index (κ3) is 13.2. The Hall–Kier alpha value is -6.12. The average Bonchev–Trinajstić information content (AvgIpc) is 3.63. The topological polar surface area (TPSA) is 227 Å². The number of carbonyl (C=O) groups excluding carboxylic acids is 4. The van der Waals surface area contributed by atoms with Crippen LogP contribution in [0.1, 0.15) is 47.6 Å². The number of anilines is 1. The predicted octanol–water partition coefficient (Wildman–Crippen LogP) is 2.36. The van der Waals surface area contributed by atoms with E-state index in [0.29, 0.717) is 46.2 Å². The van der Waals surface area contributed by atoms with E-state index in [1.807, 2.05) is 55.6 Å². The molecule has 5 amide bonds. The van der Waals surface area contributed by atoms with Crippen LogP contribution in [0.4, 0.5) is 16.2 Å². The number of para-hydroxylation sites is 2. The molecule has 2 heterocycles. The highest BCUT2D eigenvalue weighted by Gasteiger charge is 2.31. The minimum atomic E-state index is -0.908. The Morgan fingerprint density at radius 1 is 0.733 bits per heavy atom. The molecule has 19 heteroatoms. The van der Waals surface area contributed by atoms with Crippen LogP contribution < -0.4 is 37.0 Å². The van der Waals surface area contributed by atoms with Gasteiger partial charge in [-0.05, 0) is 11.6 Å². The van der Waals surface area contributed by atoms with Crippen molar-refractivity contribution in [2.24, 2.45) is 0 Å². The Morgan fingerprint density at radius 3 is 2.02 bits per heavy atom. The zero-order chi connectivity index (χ0) is 42.7. The summed E-state index contributed by atoms with van der Waals surface area (Å²) in [5.41, 5.74) is 12.3. The number of benzene rings is 3. The first-order valence-electron chi connectivity index (χ1n) is 19.7. The van der Waals surface area contributed by atoms with Crippen LogP contribution in [0.25, 0.3) is 11.4 Å². The van der Waals surface area contributed by atoms with Crippen LogP contribution in [0.15, 0.2) is 72.8 Å². The minimum absolute atomic E-state index is 0.103. The second-order valence-electron chi connectivity index (χ2n) is 13.6. The number of nitrogens with zero attached hydrogens (tertiary/aromatic N) is 3. The van der Waals surface area contributed by atoms with Gasteiger partial charge in [-0.2, -0.15) is 0 Å². The second kappa shape index (κ2) is 23.5. The Morgan fingerprint density at radius 2 is 1.32 bits per heavy atom. The van der Waals surface area contributed by atoms with Gasteiger partial charge in [-0.3, -0.25) is 35.3 Å². The summed E-state index contributed by atoms with van der Waals surface area (Å²) in [7, 11) is 3.30. The van der Waals surface area contributed by atoms with Crippen LogP contribution >= 0.6 is 0 Å². The van der Waals surface area contributed by atoms with E-state index in [9.17, 15) is 29.3 Å². The fourth-order valence-corrected chi connectivity index (χ4v) is 6.56. The molecule has 0 saturated carbocycles. The highest BCUT2D eigenvalue weighted by molar-refractivity contribution is 6.02. The number of nitrogens with one attached hydrogen (secondary N) is 6. The van der Waals surface area contributed by atoms with E-state index in [2.05, 4.69) is 32.1 Å². The third-order valence-electron chi connectivity index (χ3n) is 9.44. The van der Waals surface area contributed by atoms with Crippen LogP contribution in [0.3, 0.4) is 0 Å². The molecule has 322 valence electrons. The van der Waals surface area contributed by atoms with Crippen molar-refractivity contribution in [2.45, 2.75) is 31.8 Å². The molecule has 0 radical (unpaired) electrons. The van der Waals surface area contributed by atoms with Gasteiger partial charge < -0.3 is 45.1 Å². The quantitative estimate of drug-likeness (QED) is 0.0459. The van der Waals surface area contributed by atoms with Crippen molar-refractivity contribution in [1.82, 2.24) is 37.2 Å². The number of urea groups is 1. The lowest BCUT2D eigenvalue weighted by molar-refractivity contribution is -0.385. The number of rotatable bonds is 23. The van der Waals surface area contributed by atoms with Gasteiger partial charge in [-0.25, -0.2) is 4.79 Å². The van der Waals surface area contributed by atoms with E-state index >= 15 is 0 Å². The zero-order valence-corrected chi connectivity index (χ0v) is 33.8.